The maximum absolute atomic E-state index is 8.46. The molecule has 0 aliphatic carbocycles. The summed E-state index contributed by atoms with van der Waals surface area (Å²) in [7, 11) is 0. The Morgan fingerprint density at radius 1 is 1.55 bits per heavy atom. The van der Waals surface area contributed by atoms with Gasteiger partial charge in [0.15, 0.2) is 0 Å². The van der Waals surface area contributed by atoms with Gasteiger partial charge in [0.2, 0.25) is 0 Å². The minimum atomic E-state index is 0.705. The fourth-order valence-electron chi connectivity index (χ4n) is 0.742. The van der Waals surface area contributed by atoms with E-state index >= 15 is 0 Å². The first-order chi connectivity index (χ1) is 5.33. The van der Waals surface area contributed by atoms with Crippen LogP contribution in [0.5, 0.6) is 0 Å². The fraction of sp³-hybridized carbons (Fsp3) is 0.111. The minimum Gasteiger partial charge on any atom is -0.265 e. The molecule has 0 amide bonds. The van der Waals surface area contributed by atoms with Crippen LogP contribution >= 0.6 is 0 Å². The molecule has 1 heterocycles. The van der Waals surface area contributed by atoms with E-state index < -0.39 is 0 Å². The summed E-state index contributed by atoms with van der Waals surface area (Å²) in [5.41, 5.74) is 1.72. The van der Waals surface area contributed by atoms with Crippen LogP contribution in [-0.2, 0) is 0 Å². The lowest BCUT2D eigenvalue weighted by Gasteiger charge is -1.89. The second kappa shape index (κ2) is 3.52. The maximum Gasteiger partial charge on any atom is 0.0944 e. The van der Waals surface area contributed by atoms with E-state index in [9.17, 15) is 0 Å². The number of nitriles is 1. The van der Waals surface area contributed by atoms with Crippen LogP contribution in [0.15, 0.2) is 30.1 Å². The molecular weight excluding hydrogens is 136 g/mol. The van der Waals surface area contributed by atoms with E-state index in [4.69, 9.17) is 5.26 Å². The Labute approximate surface area is 65.8 Å². The summed E-state index contributed by atoms with van der Waals surface area (Å²) in [5, 5.41) is 8.46. The standard InChI is InChI=1S/C9H8N2/c1-8(7-10)6-9-2-4-11-5-3-9/h2-6H,1H3/b8-6-. The lowest BCUT2D eigenvalue weighted by atomic mass is 10.2. The Morgan fingerprint density at radius 3 is 2.73 bits per heavy atom. The number of pyridine rings is 1. The van der Waals surface area contributed by atoms with Crippen molar-refractivity contribution < 1.29 is 0 Å². The monoisotopic (exact) mass is 144 g/mol. The van der Waals surface area contributed by atoms with Gasteiger partial charge in [0.05, 0.1) is 6.07 Å². The molecule has 0 aliphatic rings. The number of nitrogens with zero attached hydrogens (tertiary/aromatic N) is 2. The molecule has 1 rings (SSSR count). The Hall–Kier alpha value is -1.62. The van der Waals surface area contributed by atoms with Gasteiger partial charge in [-0.05, 0) is 30.7 Å². The zero-order valence-electron chi connectivity index (χ0n) is 6.28. The number of hydrogen-bond donors (Lipinski definition) is 0. The normalized spacial score (nSPS) is 10.7. The predicted octanol–water partition coefficient (Wildman–Crippen LogP) is 2.01. The topological polar surface area (TPSA) is 36.7 Å². The Bertz CT molecular complexity index is 293. The summed E-state index contributed by atoms with van der Waals surface area (Å²) in [4.78, 5) is 3.87. The van der Waals surface area contributed by atoms with Crippen molar-refractivity contribution >= 4 is 6.08 Å². The average Bonchev–Trinajstić information content (AvgIpc) is 2.06. The number of allylic oxidation sites excluding steroid dienone is 1. The highest BCUT2D eigenvalue weighted by molar-refractivity contribution is 5.55. The van der Waals surface area contributed by atoms with Crippen LogP contribution in [-0.4, -0.2) is 4.98 Å². The molecule has 0 spiro atoms. The fourth-order valence-corrected chi connectivity index (χ4v) is 0.742. The van der Waals surface area contributed by atoms with Crippen molar-refractivity contribution in [1.29, 1.82) is 5.26 Å². The predicted molar refractivity (Wildman–Crippen MR) is 43.5 cm³/mol. The Morgan fingerprint density at radius 2 is 2.18 bits per heavy atom. The van der Waals surface area contributed by atoms with Gasteiger partial charge in [-0.15, -0.1) is 0 Å². The third kappa shape index (κ3) is 2.23. The molecule has 0 bridgehead atoms. The van der Waals surface area contributed by atoms with Crippen molar-refractivity contribution in [3.05, 3.63) is 35.7 Å². The van der Waals surface area contributed by atoms with Gasteiger partial charge < -0.3 is 0 Å². The van der Waals surface area contributed by atoms with E-state index in [0.29, 0.717) is 5.57 Å². The van der Waals surface area contributed by atoms with Gasteiger partial charge in [-0.2, -0.15) is 5.26 Å². The molecule has 2 nitrogen and oxygen atoms in total. The first-order valence-electron chi connectivity index (χ1n) is 3.31. The van der Waals surface area contributed by atoms with Crippen LogP contribution in [0.2, 0.25) is 0 Å². The molecule has 11 heavy (non-hydrogen) atoms. The SMILES string of the molecule is C/C(C#N)=C/c1ccncc1. The van der Waals surface area contributed by atoms with E-state index in [-0.39, 0.29) is 0 Å². The Kier molecular flexibility index (Phi) is 2.40. The van der Waals surface area contributed by atoms with Crippen molar-refractivity contribution in [3.8, 4) is 6.07 Å². The van der Waals surface area contributed by atoms with Crippen molar-refractivity contribution in [1.82, 2.24) is 4.98 Å². The van der Waals surface area contributed by atoms with Gasteiger partial charge in [-0.25, -0.2) is 0 Å². The quantitative estimate of drug-likeness (QED) is 0.565. The smallest absolute Gasteiger partial charge is 0.0944 e. The van der Waals surface area contributed by atoms with Gasteiger partial charge in [0.1, 0.15) is 0 Å². The van der Waals surface area contributed by atoms with Crippen LogP contribution in [0.4, 0.5) is 0 Å². The largest absolute Gasteiger partial charge is 0.265 e. The third-order valence-corrected chi connectivity index (χ3v) is 1.27. The third-order valence-electron chi connectivity index (χ3n) is 1.27. The van der Waals surface area contributed by atoms with Crippen molar-refractivity contribution in [2.45, 2.75) is 6.92 Å². The van der Waals surface area contributed by atoms with Crippen molar-refractivity contribution in [2.75, 3.05) is 0 Å². The first kappa shape index (κ1) is 7.49. The molecule has 1 aromatic rings. The minimum absolute atomic E-state index is 0.705. The van der Waals surface area contributed by atoms with E-state index in [1.54, 1.807) is 19.3 Å². The molecule has 0 aromatic carbocycles. The summed E-state index contributed by atoms with van der Waals surface area (Å²) in [6.07, 6.45) is 5.23. The number of rotatable bonds is 1. The lowest BCUT2D eigenvalue weighted by Crippen LogP contribution is -1.74. The van der Waals surface area contributed by atoms with E-state index in [1.165, 1.54) is 0 Å². The summed E-state index contributed by atoms with van der Waals surface area (Å²) in [5.74, 6) is 0. The van der Waals surface area contributed by atoms with Crippen LogP contribution in [0, 0.1) is 11.3 Å². The molecule has 1 aromatic heterocycles. The highest BCUT2D eigenvalue weighted by Crippen LogP contribution is 2.02. The number of hydrogen-bond acceptors (Lipinski definition) is 2. The average molecular weight is 144 g/mol. The van der Waals surface area contributed by atoms with Crippen LogP contribution in [0.3, 0.4) is 0 Å². The van der Waals surface area contributed by atoms with E-state index in [2.05, 4.69) is 11.1 Å². The van der Waals surface area contributed by atoms with Gasteiger partial charge >= 0.3 is 0 Å². The van der Waals surface area contributed by atoms with Crippen LogP contribution < -0.4 is 0 Å². The highest BCUT2D eigenvalue weighted by Gasteiger charge is 1.86. The van der Waals surface area contributed by atoms with E-state index in [1.807, 2.05) is 18.2 Å². The van der Waals surface area contributed by atoms with Gasteiger partial charge in [0.25, 0.3) is 0 Å². The molecule has 0 aliphatic heterocycles. The molecule has 2 heteroatoms. The summed E-state index contributed by atoms with van der Waals surface area (Å²) >= 11 is 0. The second-order valence-corrected chi connectivity index (χ2v) is 2.22. The van der Waals surface area contributed by atoms with Crippen LogP contribution in [0.25, 0.3) is 6.08 Å². The molecular formula is C9H8N2. The highest BCUT2D eigenvalue weighted by atomic mass is 14.6. The molecule has 0 radical (unpaired) electrons. The Balaban J connectivity index is 2.90. The van der Waals surface area contributed by atoms with Crippen molar-refractivity contribution in [3.63, 3.8) is 0 Å². The number of aromatic nitrogens is 1. The maximum atomic E-state index is 8.46. The molecule has 0 atom stereocenters. The zero-order chi connectivity index (χ0) is 8.10. The summed E-state index contributed by atoms with van der Waals surface area (Å²) in [6.45, 7) is 1.78. The first-order valence-corrected chi connectivity index (χ1v) is 3.31. The second-order valence-electron chi connectivity index (χ2n) is 2.22. The summed E-state index contributed by atoms with van der Waals surface area (Å²) < 4.78 is 0. The molecule has 0 N–H and O–H groups in total. The van der Waals surface area contributed by atoms with Gasteiger partial charge in [-0.1, -0.05) is 0 Å². The lowest BCUT2D eigenvalue weighted by molar-refractivity contribution is 1.32. The molecule has 0 unspecified atom stereocenters. The van der Waals surface area contributed by atoms with Crippen LogP contribution in [0.1, 0.15) is 12.5 Å². The molecule has 54 valence electrons. The van der Waals surface area contributed by atoms with Crippen molar-refractivity contribution in [2.24, 2.45) is 0 Å². The molecule has 0 saturated carbocycles. The van der Waals surface area contributed by atoms with Gasteiger partial charge in [0, 0.05) is 18.0 Å². The molecule has 0 saturated heterocycles. The molecule has 0 fully saturated rings. The van der Waals surface area contributed by atoms with E-state index in [0.717, 1.165) is 5.56 Å². The zero-order valence-corrected chi connectivity index (χ0v) is 6.28. The summed E-state index contributed by atoms with van der Waals surface area (Å²) in [6, 6.07) is 5.78. The van der Waals surface area contributed by atoms with Gasteiger partial charge in [-0.3, -0.25) is 4.98 Å².